The zero-order valence-corrected chi connectivity index (χ0v) is 14.4. The Morgan fingerprint density at radius 1 is 1.14 bits per heavy atom. The molecule has 0 amide bonds. The Morgan fingerprint density at radius 2 is 1.73 bits per heavy atom. The van der Waals surface area contributed by atoms with Gasteiger partial charge in [-0.1, -0.05) is 0 Å². The summed E-state index contributed by atoms with van der Waals surface area (Å²) in [5.74, 6) is 0. The second kappa shape index (κ2) is 7.07. The molecular formula is C12H11N3NaO5S. The second-order valence-electron chi connectivity index (χ2n) is 4.16. The van der Waals surface area contributed by atoms with Crippen LogP contribution in [0.5, 0.6) is 0 Å². The Morgan fingerprint density at radius 3 is 2.23 bits per heavy atom. The summed E-state index contributed by atoms with van der Waals surface area (Å²) in [6.07, 6.45) is 0. The van der Waals surface area contributed by atoms with Gasteiger partial charge < -0.3 is 11.1 Å². The van der Waals surface area contributed by atoms with Crippen LogP contribution in [0.2, 0.25) is 0 Å². The molecule has 0 saturated heterocycles. The monoisotopic (exact) mass is 332 g/mol. The van der Waals surface area contributed by atoms with Gasteiger partial charge in [-0.3, -0.25) is 14.7 Å². The second-order valence-corrected chi connectivity index (χ2v) is 5.55. The van der Waals surface area contributed by atoms with Crippen LogP contribution < -0.4 is 11.1 Å². The molecule has 10 heteroatoms. The molecular weight excluding hydrogens is 321 g/mol. The molecule has 0 aliphatic carbocycles. The number of hydrogen-bond donors (Lipinski definition) is 3. The van der Waals surface area contributed by atoms with E-state index in [4.69, 9.17) is 5.73 Å². The minimum absolute atomic E-state index is 0. The summed E-state index contributed by atoms with van der Waals surface area (Å²) < 4.78 is 31.9. The van der Waals surface area contributed by atoms with Crippen LogP contribution in [0.1, 0.15) is 0 Å². The van der Waals surface area contributed by atoms with E-state index >= 15 is 0 Å². The maximum Gasteiger partial charge on any atom is 0.296 e. The van der Waals surface area contributed by atoms with Crippen molar-refractivity contribution in [2.45, 2.75) is 4.90 Å². The van der Waals surface area contributed by atoms with Crippen LogP contribution in [-0.4, -0.2) is 47.5 Å². The quantitative estimate of drug-likeness (QED) is 0.255. The number of benzene rings is 2. The van der Waals surface area contributed by atoms with Crippen molar-refractivity contribution in [2.75, 3.05) is 11.1 Å². The number of rotatable bonds is 4. The van der Waals surface area contributed by atoms with E-state index in [1.807, 2.05) is 0 Å². The molecule has 2 aromatic rings. The zero-order chi connectivity index (χ0) is 15.6. The number of nitro groups is 1. The molecule has 22 heavy (non-hydrogen) atoms. The summed E-state index contributed by atoms with van der Waals surface area (Å²) in [4.78, 5) is 9.36. The number of nitrogens with one attached hydrogen (secondary N) is 1. The van der Waals surface area contributed by atoms with Gasteiger partial charge >= 0.3 is 0 Å². The molecule has 2 aromatic carbocycles. The van der Waals surface area contributed by atoms with E-state index in [0.29, 0.717) is 11.4 Å². The van der Waals surface area contributed by atoms with Crippen LogP contribution >= 0.6 is 0 Å². The van der Waals surface area contributed by atoms with Gasteiger partial charge in [-0.05, 0) is 30.3 Å². The van der Waals surface area contributed by atoms with Crippen LogP contribution in [-0.2, 0) is 10.1 Å². The predicted octanol–water partition coefficient (Wildman–Crippen LogP) is 1.79. The Hall–Kier alpha value is -1.65. The molecule has 8 nitrogen and oxygen atoms in total. The zero-order valence-electron chi connectivity index (χ0n) is 11.6. The van der Waals surface area contributed by atoms with Crippen molar-refractivity contribution < 1.29 is 17.9 Å². The first-order valence-corrected chi connectivity index (χ1v) is 7.10. The van der Waals surface area contributed by atoms with Crippen molar-refractivity contribution in [1.82, 2.24) is 0 Å². The average Bonchev–Trinajstić information content (AvgIpc) is 2.40. The first kappa shape index (κ1) is 18.4. The Bertz CT molecular complexity index is 793. The van der Waals surface area contributed by atoms with E-state index < -0.39 is 25.6 Å². The van der Waals surface area contributed by atoms with Crippen molar-refractivity contribution in [1.29, 1.82) is 0 Å². The van der Waals surface area contributed by atoms with Gasteiger partial charge in [-0.15, -0.1) is 0 Å². The molecule has 0 aromatic heterocycles. The van der Waals surface area contributed by atoms with Crippen molar-refractivity contribution in [3.05, 3.63) is 52.6 Å². The fraction of sp³-hybridized carbons (Fsp3) is 0. The van der Waals surface area contributed by atoms with E-state index in [1.165, 1.54) is 6.07 Å². The number of nitrogens with zero attached hydrogens (tertiary/aromatic N) is 1. The van der Waals surface area contributed by atoms with E-state index in [9.17, 15) is 23.1 Å². The number of anilines is 3. The van der Waals surface area contributed by atoms with E-state index in [-0.39, 0.29) is 35.2 Å². The normalized spacial score (nSPS) is 10.6. The fourth-order valence-electron chi connectivity index (χ4n) is 1.66. The standard InChI is InChI=1S/C12H11N3O5S.Na/c13-8-1-3-9(4-2-8)14-11-6-5-10(15(16)17)7-12(11)21(18,19)20;/h1-7,14H,13H2,(H,18,19,20);. The molecule has 0 saturated carbocycles. The molecule has 0 atom stereocenters. The third-order valence-electron chi connectivity index (χ3n) is 2.64. The SMILES string of the molecule is Nc1ccc(Nc2ccc([N+](=O)[O-])cc2S(=O)(=O)O)cc1.[Na]. The van der Waals surface area contributed by atoms with Crippen LogP contribution in [0.3, 0.4) is 0 Å². The summed E-state index contributed by atoms with van der Waals surface area (Å²) in [6.45, 7) is 0. The molecule has 0 unspecified atom stereocenters. The van der Waals surface area contributed by atoms with Crippen molar-refractivity contribution in [3.8, 4) is 0 Å². The van der Waals surface area contributed by atoms with Crippen molar-refractivity contribution in [2.24, 2.45) is 0 Å². The minimum Gasteiger partial charge on any atom is -0.399 e. The van der Waals surface area contributed by atoms with Gasteiger partial charge in [0.15, 0.2) is 0 Å². The summed E-state index contributed by atoms with van der Waals surface area (Å²) in [5, 5.41) is 13.4. The third kappa shape index (κ3) is 4.42. The van der Waals surface area contributed by atoms with Gasteiger partial charge in [0.2, 0.25) is 0 Å². The molecule has 1 radical (unpaired) electrons. The van der Waals surface area contributed by atoms with Gasteiger partial charge in [-0.2, -0.15) is 8.42 Å². The van der Waals surface area contributed by atoms with Crippen LogP contribution in [0.25, 0.3) is 0 Å². The van der Waals surface area contributed by atoms with Gasteiger partial charge in [-0.25, -0.2) is 0 Å². The molecule has 2 rings (SSSR count). The average molecular weight is 332 g/mol. The van der Waals surface area contributed by atoms with Gasteiger partial charge in [0.05, 0.1) is 10.6 Å². The van der Waals surface area contributed by atoms with Crippen LogP contribution in [0, 0.1) is 10.1 Å². The summed E-state index contributed by atoms with van der Waals surface area (Å²) in [6, 6.07) is 9.53. The fourth-order valence-corrected chi connectivity index (χ4v) is 2.33. The molecule has 0 heterocycles. The molecule has 0 fully saturated rings. The van der Waals surface area contributed by atoms with E-state index in [1.54, 1.807) is 24.3 Å². The van der Waals surface area contributed by atoms with Crippen LogP contribution in [0.15, 0.2) is 47.4 Å². The number of nitrogens with two attached hydrogens (primary N) is 1. The number of hydrogen-bond acceptors (Lipinski definition) is 6. The first-order valence-electron chi connectivity index (χ1n) is 5.66. The maximum absolute atomic E-state index is 11.3. The first-order chi connectivity index (χ1) is 9.77. The number of nitrogen functional groups attached to an aromatic ring is 1. The summed E-state index contributed by atoms with van der Waals surface area (Å²) >= 11 is 0. The Kier molecular flexibility index (Phi) is 5.92. The Labute approximate surface area is 148 Å². The van der Waals surface area contributed by atoms with Gasteiger partial charge in [0, 0.05) is 53.1 Å². The summed E-state index contributed by atoms with van der Waals surface area (Å²) in [7, 11) is -4.61. The Balaban J connectivity index is 0.00000242. The smallest absolute Gasteiger partial charge is 0.296 e. The minimum atomic E-state index is -4.61. The van der Waals surface area contributed by atoms with E-state index in [2.05, 4.69) is 5.32 Å². The van der Waals surface area contributed by atoms with Gasteiger partial charge in [0.25, 0.3) is 15.8 Å². The van der Waals surface area contributed by atoms with Crippen molar-refractivity contribution in [3.63, 3.8) is 0 Å². The topological polar surface area (TPSA) is 136 Å². The molecule has 0 bridgehead atoms. The predicted molar refractivity (Wildman–Crippen MR) is 82.8 cm³/mol. The maximum atomic E-state index is 11.3. The molecule has 0 spiro atoms. The number of nitro benzene ring substituents is 1. The van der Waals surface area contributed by atoms with Crippen molar-refractivity contribution >= 4 is 62.4 Å². The molecule has 0 aliphatic heterocycles. The number of non-ortho nitro benzene ring substituents is 1. The largest absolute Gasteiger partial charge is 0.399 e. The molecule has 0 aliphatic rings. The third-order valence-corrected chi connectivity index (χ3v) is 3.54. The van der Waals surface area contributed by atoms with E-state index in [0.717, 1.165) is 12.1 Å². The van der Waals surface area contributed by atoms with Gasteiger partial charge in [0.1, 0.15) is 4.90 Å². The molecule has 111 valence electrons. The summed E-state index contributed by atoms with van der Waals surface area (Å²) in [5.41, 5.74) is 6.16. The van der Waals surface area contributed by atoms with Crippen LogP contribution in [0.4, 0.5) is 22.7 Å². The molecule has 4 N–H and O–H groups in total.